The summed E-state index contributed by atoms with van der Waals surface area (Å²) in [6.45, 7) is 11.4. The van der Waals surface area contributed by atoms with E-state index in [4.69, 9.17) is 5.26 Å². The molecule has 104 valence electrons. The molecule has 3 heteroatoms. The minimum Gasteiger partial charge on any atom is -0.299 e. The Morgan fingerprint density at radius 1 is 1.11 bits per heavy atom. The summed E-state index contributed by atoms with van der Waals surface area (Å²) in [5.41, 5.74) is 1.27. The number of nitrogens with zero attached hydrogens (tertiary/aromatic N) is 2. The number of hydrogen-bond donors (Lipinski definition) is 0. The van der Waals surface area contributed by atoms with E-state index in [1.54, 1.807) is 6.07 Å². The normalized spacial score (nSPS) is 11.3. The molecule has 0 atom stereocenters. The fraction of sp³-hybridized carbons (Fsp3) is 0.562. The summed E-state index contributed by atoms with van der Waals surface area (Å²) in [6.07, 6.45) is 0. The third-order valence-corrected chi connectivity index (χ3v) is 2.74. The lowest BCUT2D eigenvalue weighted by Crippen LogP contribution is -2.31. The second-order valence-corrected chi connectivity index (χ2v) is 5.94. The maximum absolute atomic E-state index is 13.4. The zero-order chi connectivity index (χ0) is 14.4. The minimum absolute atomic E-state index is 0.330. The number of halogens is 1. The van der Waals surface area contributed by atoms with Crippen LogP contribution in [0.25, 0.3) is 0 Å². The quantitative estimate of drug-likeness (QED) is 0.779. The molecule has 0 bridgehead atoms. The molecule has 0 unspecified atom stereocenters. The van der Waals surface area contributed by atoms with Gasteiger partial charge in [0.05, 0.1) is 11.6 Å². The smallest absolute Gasteiger partial charge is 0.124 e. The molecule has 0 aliphatic carbocycles. The Balaban J connectivity index is 2.83. The van der Waals surface area contributed by atoms with E-state index in [1.807, 2.05) is 6.07 Å². The first-order valence-electron chi connectivity index (χ1n) is 6.82. The highest BCUT2D eigenvalue weighted by Crippen LogP contribution is 2.13. The van der Waals surface area contributed by atoms with Crippen molar-refractivity contribution in [2.75, 3.05) is 13.1 Å². The third-order valence-electron chi connectivity index (χ3n) is 2.74. The molecule has 0 saturated heterocycles. The van der Waals surface area contributed by atoms with Gasteiger partial charge >= 0.3 is 0 Å². The Morgan fingerprint density at radius 3 is 2.16 bits per heavy atom. The molecule has 1 aromatic carbocycles. The van der Waals surface area contributed by atoms with Crippen LogP contribution in [0.4, 0.5) is 4.39 Å². The number of rotatable bonds is 6. The molecule has 0 saturated carbocycles. The molecule has 0 N–H and O–H groups in total. The number of nitriles is 1. The van der Waals surface area contributed by atoms with Gasteiger partial charge in [0.2, 0.25) is 0 Å². The van der Waals surface area contributed by atoms with E-state index >= 15 is 0 Å². The van der Waals surface area contributed by atoms with Crippen LogP contribution in [0.15, 0.2) is 18.2 Å². The Bertz CT molecular complexity index is 437. The highest BCUT2D eigenvalue weighted by molar-refractivity contribution is 5.33. The molecule has 19 heavy (non-hydrogen) atoms. The van der Waals surface area contributed by atoms with Gasteiger partial charge in [-0.25, -0.2) is 4.39 Å². The van der Waals surface area contributed by atoms with Gasteiger partial charge in [-0.3, -0.25) is 4.90 Å². The fourth-order valence-electron chi connectivity index (χ4n) is 2.30. The van der Waals surface area contributed by atoms with Gasteiger partial charge in [-0.15, -0.1) is 0 Å². The van der Waals surface area contributed by atoms with Crippen LogP contribution < -0.4 is 0 Å². The van der Waals surface area contributed by atoms with Crippen LogP contribution in [0.1, 0.15) is 38.8 Å². The molecule has 0 aromatic heterocycles. The van der Waals surface area contributed by atoms with E-state index in [-0.39, 0.29) is 5.82 Å². The van der Waals surface area contributed by atoms with E-state index in [0.717, 1.165) is 18.7 Å². The van der Waals surface area contributed by atoms with E-state index in [2.05, 4.69) is 32.6 Å². The van der Waals surface area contributed by atoms with Crippen molar-refractivity contribution in [3.8, 4) is 6.07 Å². The Kier molecular flexibility index (Phi) is 5.98. The van der Waals surface area contributed by atoms with Crippen molar-refractivity contribution in [3.05, 3.63) is 35.1 Å². The monoisotopic (exact) mass is 262 g/mol. The van der Waals surface area contributed by atoms with Gasteiger partial charge in [0, 0.05) is 19.6 Å². The van der Waals surface area contributed by atoms with Crippen LogP contribution in [0, 0.1) is 29.0 Å². The molecule has 0 aliphatic rings. The van der Waals surface area contributed by atoms with Crippen LogP contribution in [0.3, 0.4) is 0 Å². The highest BCUT2D eigenvalue weighted by atomic mass is 19.1. The molecule has 0 fully saturated rings. The van der Waals surface area contributed by atoms with Crippen molar-refractivity contribution in [1.29, 1.82) is 5.26 Å². The van der Waals surface area contributed by atoms with Crippen molar-refractivity contribution in [1.82, 2.24) is 4.90 Å². The molecule has 0 aliphatic heterocycles. The van der Waals surface area contributed by atoms with Gasteiger partial charge in [0.25, 0.3) is 0 Å². The second kappa shape index (κ2) is 7.25. The molecular formula is C16H23FN2. The second-order valence-electron chi connectivity index (χ2n) is 5.94. The molecule has 2 nitrogen and oxygen atoms in total. The highest BCUT2D eigenvalue weighted by Gasteiger charge is 2.11. The average Bonchev–Trinajstić information content (AvgIpc) is 2.26. The van der Waals surface area contributed by atoms with Crippen molar-refractivity contribution in [2.24, 2.45) is 11.8 Å². The Labute approximate surface area is 115 Å². The van der Waals surface area contributed by atoms with Crippen molar-refractivity contribution in [2.45, 2.75) is 34.2 Å². The van der Waals surface area contributed by atoms with Crippen LogP contribution in [0.5, 0.6) is 0 Å². The SMILES string of the molecule is CC(C)CN(Cc1cc(F)cc(C#N)c1)CC(C)C. The van der Waals surface area contributed by atoms with E-state index in [9.17, 15) is 4.39 Å². The molecule has 1 rings (SSSR count). The summed E-state index contributed by atoms with van der Waals surface area (Å²) in [5.74, 6) is 0.814. The first-order valence-corrected chi connectivity index (χ1v) is 6.82. The molecular weight excluding hydrogens is 239 g/mol. The number of hydrogen-bond acceptors (Lipinski definition) is 2. The molecule has 0 radical (unpaired) electrons. The van der Waals surface area contributed by atoms with Gasteiger partial charge in [-0.05, 0) is 35.6 Å². The third kappa shape index (κ3) is 5.85. The zero-order valence-electron chi connectivity index (χ0n) is 12.3. The van der Waals surface area contributed by atoms with Gasteiger partial charge in [0.15, 0.2) is 0 Å². The molecule has 0 spiro atoms. The average molecular weight is 262 g/mol. The Morgan fingerprint density at radius 2 is 1.68 bits per heavy atom. The van der Waals surface area contributed by atoms with Crippen LogP contribution >= 0.6 is 0 Å². The molecule has 0 amide bonds. The predicted octanol–water partition coefficient (Wildman–Crippen LogP) is 3.81. The van der Waals surface area contributed by atoms with Gasteiger partial charge in [-0.1, -0.05) is 27.7 Å². The first-order chi connectivity index (χ1) is 8.90. The lowest BCUT2D eigenvalue weighted by Gasteiger charge is -2.26. The number of benzene rings is 1. The van der Waals surface area contributed by atoms with Crippen LogP contribution in [-0.4, -0.2) is 18.0 Å². The summed E-state index contributed by atoms with van der Waals surface area (Å²) in [6, 6.07) is 6.58. The lowest BCUT2D eigenvalue weighted by molar-refractivity contribution is 0.211. The maximum Gasteiger partial charge on any atom is 0.124 e. The van der Waals surface area contributed by atoms with E-state index < -0.39 is 0 Å². The first kappa shape index (κ1) is 15.7. The standard InChI is InChI=1S/C16H23FN2/c1-12(2)9-19(10-13(3)4)11-15-5-14(8-18)6-16(17)7-15/h5-7,12-13H,9-11H2,1-4H3. The van der Waals surface area contributed by atoms with Crippen molar-refractivity contribution in [3.63, 3.8) is 0 Å². The summed E-state index contributed by atoms with van der Waals surface area (Å²) < 4.78 is 13.4. The van der Waals surface area contributed by atoms with Crippen LogP contribution in [0.2, 0.25) is 0 Å². The molecule has 0 heterocycles. The van der Waals surface area contributed by atoms with Crippen LogP contribution in [-0.2, 0) is 6.54 Å². The van der Waals surface area contributed by atoms with E-state index in [1.165, 1.54) is 12.1 Å². The Hall–Kier alpha value is -1.40. The fourth-order valence-corrected chi connectivity index (χ4v) is 2.30. The van der Waals surface area contributed by atoms with Gasteiger partial charge in [0.1, 0.15) is 5.82 Å². The van der Waals surface area contributed by atoms with Gasteiger partial charge < -0.3 is 0 Å². The lowest BCUT2D eigenvalue weighted by atomic mass is 10.1. The van der Waals surface area contributed by atoms with E-state index in [0.29, 0.717) is 23.9 Å². The topological polar surface area (TPSA) is 27.0 Å². The van der Waals surface area contributed by atoms with Gasteiger partial charge in [-0.2, -0.15) is 5.26 Å². The predicted molar refractivity (Wildman–Crippen MR) is 76.1 cm³/mol. The summed E-state index contributed by atoms with van der Waals surface area (Å²) in [7, 11) is 0. The minimum atomic E-state index is -0.330. The van der Waals surface area contributed by atoms with Crippen molar-refractivity contribution >= 4 is 0 Å². The summed E-state index contributed by atoms with van der Waals surface area (Å²) in [4.78, 5) is 2.32. The summed E-state index contributed by atoms with van der Waals surface area (Å²) >= 11 is 0. The maximum atomic E-state index is 13.4. The zero-order valence-corrected chi connectivity index (χ0v) is 12.3. The summed E-state index contributed by atoms with van der Waals surface area (Å²) in [5, 5.41) is 8.88. The van der Waals surface area contributed by atoms with Crippen molar-refractivity contribution < 1.29 is 4.39 Å². The largest absolute Gasteiger partial charge is 0.299 e. The molecule has 1 aromatic rings.